The van der Waals surface area contributed by atoms with Crippen molar-refractivity contribution < 1.29 is 9.21 Å². The van der Waals surface area contributed by atoms with Crippen molar-refractivity contribution >= 4 is 16.9 Å². The Morgan fingerprint density at radius 1 is 1.36 bits per heavy atom. The van der Waals surface area contributed by atoms with Crippen LogP contribution in [0.1, 0.15) is 21.7 Å². The van der Waals surface area contributed by atoms with Crippen LogP contribution in [0.2, 0.25) is 0 Å². The number of primary amides is 1. The molecule has 3 heteroatoms. The predicted octanol–water partition coefficient (Wildman–Crippen LogP) is 2.15. The molecule has 0 aliphatic heterocycles. The first-order valence-electron chi connectivity index (χ1n) is 4.39. The van der Waals surface area contributed by atoms with Gasteiger partial charge in [0.05, 0.1) is 0 Å². The molecule has 0 aliphatic carbocycles. The lowest BCUT2D eigenvalue weighted by Crippen LogP contribution is -2.10. The Labute approximate surface area is 81.5 Å². The molecule has 2 rings (SSSR count). The topological polar surface area (TPSA) is 56.2 Å². The van der Waals surface area contributed by atoms with E-state index in [2.05, 4.69) is 0 Å². The molecule has 2 aromatic rings. The van der Waals surface area contributed by atoms with Crippen molar-refractivity contribution in [3.63, 3.8) is 0 Å². The van der Waals surface area contributed by atoms with E-state index < -0.39 is 5.91 Å². The lowest BCUT2D eigenvalue weighted by Gasteiger charge is -1.91. The highest BCUT2D eigenvalue weighted by molar-refractivity contribution is 5.98. The molecule has 1 aromatic carbocycles. The Kier molecular flexibility index (Phi) is 1.81. The first-order valence-corrected chi connectivity index (χ1v) is 4.39. The fourth-order valence-electron chi connectivity index (χ4n) is 1.57. The molecule has 14 heavy (non-hydrogen) atoms. The van der Waals surface area contributed by atoms with Crippen LogP contribution in [0, 0.1) is 13.8 Å². The third-order valence-electron chi connectivity index (χ3n) is 2.32. The zero-order valence-corrected chi connectivity index (χ0v) is 8.13. The maximum atomic E-state index is 11.0. The van der Waals surface area contributed by atoms with E-state index in [9.17, 15) is 4.79 Å². The molecule has 72 valence electrons. The second-order valence-electron chi connectivity index (χ2n) is 3.42. The van der Waals surface area contributed by atoms with Gasteiger partial charge < -0.3 is 10.2 Å². The zero-order chi connectivity index (χ0) is 10.3. The molecule has 0 bridgehead atoms. The number of furan rings is 1. The lowest BCUT2D eigenvalue weighted by molar-refractivity contribution is 0.0975. The summed E-state index contributed by atoms with van der Waals surface area (Å²) in [5, 5.41) is 0.957. The number of benzene rings is 1. The fraction of sp³-hybridized carbons (Fsp3) is 0.182. The van der Waals surface area contributed by atoms with Crippen molar-refractivity contribution in [1.29, 1.82) is 0 Å². The van der Waals surface area contributed by atoms with Crippen LogP contribution in [0.3, 0.4) is 0 Å². The monoisotopic (exact) mass is 189 g/mol. The van der Waals surface area contributed by atoms with Gasteiger partial charge in [-0.15, -0.1) is 0 Å². The highest BCUT2D eigenvalue weighted by atomic mass is 16.3. The summed E-state index contributed by atoms with van der Waals surface area (Å²) < 4.78 is 5.34. The minimum Gasteiger partial charge on any atom is -0.451 e. The minimum absolute atomic E-state index is 0.255. The number of rotatable bonds is 1. The summed E-state index contributed by atoms with van der Waals surface area (Å²) in [4.78, 5) is 11.0. The molecule has 2 N–H and O–H groups in total. The van der Waals surface area contributed by atoms with E-state index in [1.54, 1.807) is 0 Å². The van der Waals surface area contributed by atoms with Crippen LogP contribution in [-0.2, 0) is 0 Å². The van der Waals surface area contributed by atoms with Crippen LogP contribution >= 0.6 is 0 Å². The van der Waals surface area contributed by atoms with Crippen LogP contribution in [0.4, 0.5) is 0 Å². The van der Waals surface area contributed by atoms with Gasteiger partial charge >= 0.3 is 0 Å². The highest BCUT2D eigenvalue weighted by Crippen LogP contribution is 2.25. The predicted molar refractivity (Wildman–Crippen MR) is 54.2 cm³/mol. The summed E-state index contributed by atoms with van der Waals surface area (Å²) in [5.74, 6) is -0.262. The number of aryl methyl sites for hydroxylation is 2. The second-order valence-corrected chi connectivity index (χ2v) is 3.42. The van der Waals surface area contributed by atoms with E-state index in [0.29, 0.717) is 5.58 Å². The number of hydrogen-bond acceptors (Lipinski definition) is 2. The first kappa shape index (κ1) is 8.81. The van der Waals surface area contributed by atoms with Crippen LogP contribution < -0.4 is 5.73 Å². The maximum absolute atomic E-state index is 11.0. The molecule has 1 amide bonds. The Morgan fingerprint density at radius 2 is 2.07 bits per heavy atom. The molecule has 0 fully saturated rings. The van der Waals surface area contributed by atoms with Gasteiger partial charge in [-0.2, -0.15) is 0 Å². The molecule has 0 saturated heterocycles. The molecule has 0 saturated carbocycles. The lowest BCUT2D eigenvalue weighted by atomic mass is 10.1. The number of carbonyl (C=O) groups is 1. The van der Waals surface area contributed by atoms with Gasteiger partial charge in [0.2, 0.25) is 0 Å². The molecule has 3 nitrogen and oxygen atoms in total. The van der Waals surface area contributed by atoms with E-state index in [-0.39, 0.29) is 5.76 Å². The van der Waals surface area contributed by atoms with Gasteiger partial charge in [-0.05, 0) is 26.0 Å². The van der Waals surface area contributed by atoms with Crippen molar-refractivity contribution in [1.82, 2.24) is 0 Å². The minimum atomic E-state index is -0.517. The number of fused-ring (bicyclic) bond motifs is 1. The first-order chi connectivity index (χ1) is 6.59. The summed E-state index contributed by atoms with van der Waals surface area (Å²) in [5.41, 5.74) is 7.85. The van der Waals surface area contributed by atoms with Gasteiger partial charge in [0.25, 0.3) is 5.91 Å². The van der Waals surface area contributed by atoms with Gasteiger partial charge in [0, 0.05) is 10.9 Å². The third-order valence-corrected chi connectivity index (χ3v) is 2.32. The molecule has 1 aromatic heterocycles. The van der Waals surface area contributed by atoms with E-state index in [1.807, 2.05) is 32.0 Å². The average Bonchev–Trinajstić information content (AvgIpc) is 2.44. The number of hydrogen-bond donors (Lipinski definition) is 1. The standard InChI is InChI=1S/C11H11NO2/c1-6-3-4-9-8(5-6)7(2)10(14-9)11(12)13/h3-5H,1-2H3,(H2,12,13). The fourth-order valence-corrected chi connectivity index (χ4v) is 1.57. The smallest absolute Gasteiger partial charge is 0.284 e. The Hall–Kier alpha value is -1.77. The summed E-state index contributed by atoms with van der Waals surface area (Å²) in [6.07, 6.45) is 0. The second kappa shape index (κ2) is 2.87. The average molecular weight is 189 g/mol. The summed E-state index contributed by atoms with van der Waals surface area (Å²) in [6, 6.07) is 5.78. The SMILES string of the molecule is Cc1ccc2oc(C(N)=O)c(C)c2c1. The van der Waals surface area contributed by atoms with E-state index in [0.717, 1.165) is 16.5 Å². The summed E-state index contributed by atoms with van der Waals surface area (Å²) >= 11 is 0. The van der Waals surface area contributed by atoms with E-state index in [1.165, 1.54) is 0 Å². The van der Waals surface area contributed by atoms with Gasteiger partial charge in [-0.3, -0.25) is 4.79 Å². The van der Waals surface area contributed by atoms with Crippen LogP contribution in [0.5, 0.6) is 0 Å². The number of nitrogens with two attached hydrogens (primary N) is 1. The summed E-state index contributed by atoms with van der Waals surface area (Å²) in [7, 11) is 0. The van der Waals surface area contributed by atoms with E-state index in [4.69, 9.17) is 10.2 Å². The molecule has 0 radical (unpaired) electrons. The molecule has 1 heterocycles. The zero-order valence-electron chi connectivity index (χ0n) is 8.13. The largest absolute Gasteiger partial charge is 0.451 e. The van der Waals surface area contributed by atoms with Crippen LogP contribution in [0.15, 0.2) is 22.6 Å². The van der Waals surface area contributed by atoms with Crippen molar-refractivity contribution in [2.75, 3.05) is 0 Å². The van der Waals surface area contributed by atoms with Crippen molar-refractivity contribution in [3.05, 3.63) is 35.1 Å². The van der Waals surface area contributed by atoms with E-state index >= 15 is 0 Å². The van der Waals surface area contributed by atoms with Crippen molar-refractivity contribution in [2.24, 2.45) is 5.73 Å². The molecule has 0 unspecified atom stereocenters. The van der Waals surface area contributed by atoms with Crippen LogP contribution in [-0.4, -0.2) is 5.91 Å². The Bertz CT molecular complexity index is 511. The van der Waals surface area contributed by atoms with Crippen LogP contribution in [0.25, 0.3) is 11.0 Å². The van der Waals surface area contributed by atoms with Gasteiger partial charge in [-0.25, -0.2) is 0 Å². The summed E-state index contributed by atoms with van der Waals surface area (Å²) in [6.45, 7) is 3.83. The highest BCUT2D eigenvalue weighted by Gasteiger charge is 2.14. The quantitative estimate of drug-likeness (QED) is 0.747. The third kappa shape index (κ3) is 1.18. The van der Waals surface area contributed by atoms with Gasteiger partial charge in [0.15, 0.2) is 5.76 Å². The molecule has 0 atom stereocenters. The van der Waals surface area contributed by atoms with Gasteiger partial charge in [-0.1, -0.05) is 11.6 Å². The normalized spacial score (nSPS) is 10.7. The Morgan fingerprint density at radius 3 is 2.71 bits per heavy atom. The maximum Gasteiger partial charge on any atom is 0.284 e. The number of amides is 1. The molecular formula is C11H11NO2. The Balaban J connectivity index is 2.80. The molecular weight excluding hydrogens is 178 g/mol. The molecule has 0 spiro atoms. The van der Waals surface area contributed by atoms with Crippen molar-refractivity contribution in [2.45, 2.75) is 13.8 Å². The number of carbonyl (C=O) groups excluding carboxylic acids is 1. The van der Waals surface area contributed by atoms with Gasteiger partial charge in [0.1, 0.15) is 5.58 Å². The molecule has 0 aliphatic rings. The van der Waals surface area contributed by atoms with Crippen molar-refractivity contribution in [3.8, 4) is 0 Å².